The van der Waals surface area contributed by atoms with E-state index in [1.807, 2.05) is 36.5 Å². The molecule has 0 unspecified atom stereocenters. The molecule has 0 atom stereocenters. The Bertz CT molecular complexity index is 952. The third kappa shape index (κ3) is 4.86. The zero-order valence-electron chi connectivity index (χ0n) is 16.0. The predicted octanol–water partition coefficient (Wildman–Crippen LogP) is 4.23. The fourth-order valence-corrected chi connectivity index (χ4v) is 3.69. The van der Waals surface area contributed by atoms with E-state index < -0.39 is 0 Å². The molecule has 1 saturated heterocycles. The van der Waals surface area contributed by atoms with Crippen LogP contribution in [0.2, 0.25) is 5.02 Å². The summed E-state index contributed by atoms with van der Waals surface area (Å²) in [5, 5.41) is 10.5. The van der Waals surface area contributed by atoms with Crippen LogP contribution in [0.15, 0.2) is 55.0 Å². The van der Waals surface area contributed by atoms with Crippen LogP contribution in [0.4, 0.5) is 16.2 Å². The van der Waals surface area contributed by atoms with E-state index in [-0.39, 0.29) is 6.03 Å². The summed E-state index contributed by atoms with van der Waals surface area (Å²) in [5.74, 6) is 0.728. The van der Waals surface area contributed by atoms with Gasteiger partial charge >= 0.3 is 6.03 Å². The van der Waals surface area contributed by atoms with Gasteiger partial charge in [-0.15, -0.1) is 0 Å². The number of piperidine rings is 1. The zero-order valence-corrected chi connectivity index (χ0v) is 16.8. The Balaban J connectivity index is 1.31. The van der Waals surface area contributed by atoms with Crippen LogP contribution in [-0.2, 0) is 6.54 Å². The lowest BCUT2D eigenvalue weighted by molar-refractivity contribution is 0.251. The lowest BCUT2D eigenvalue weighted by Crippen LogP contribution is -2.30. The molecule has 2 amide bonds. The van der Waals surface area contributed by atoms with E-state index in [9.17, 15) is 4.79 Å². The summed E-state index contributed by atoms with van der Waals surface area (Å²) >= 11 is 6.45. The Kier molecular flexibility index (Phi) is 5.95. The molecule has 0 bridgehead atoms. The van der Waals surface area contributed by atoms with Crippen molar-refractivity contribution in [1.29, 1.82) is 0 Å². The molecule has 1 fully saturated rings. The molecular weight excluding hydrogens is 388 g/mol. The van der Waals surface area contributed by atoms with Crippen molar-refractivity contribution in [3.8, 4) is 5.82 Å². The maximum Gasteiger partial charge on any atom is 0.319 e. The van der Waals surface area contributed by atoms with Crippen molar-refractivity contribution in [2.75, 3.05) is 23.3 Å². The quantitative estimate of drug-likeness (QED) is 0.659. The predicted molar refractivity (Wildman–Crippen MR) is 115 cm³/mol. The van der Waals surface area contributed by atoms with Gasteiger partial charge in [-0.05, 0) is 55.2 Å². The van der Waals surface area contributed by atoms with Crippen molar-refractivity contribution in [1.82, 2.24) is 20.1 Å². The maximum absolute atomic E-state index is 12.2. The van der Waals surface area contributed by atoms with Gasteiger partial charge in [0, 0.05) is 43.9 Å². The first-order valence-corrected chi connectivity index (χ1v) is 10.1. The van der Waals surface area contributed by atoms with Crippen LogP contribution < -0.4 is 15.5 Å². The number of hydrogen-bond donors (Lipinski definition) is 2. The minimum atomic E-state index is -0.289. The fourth-order valence-electron chi connectivity index (χ4n) is 3.39. The number of benzene rings is 1. The molecule has 7 nitrogen and oxygen atoms in total. The molecule has 2 aromatic heterocycles. The van der Waals surface area contributed by atoms with Crippen molar-refractivity contribution < 1.29 is 4.79 Å². The van der Waals surface area contributed by atoms with Gasteiger partial charge in [-0.3, -0.25) is 0 Å². The molecule has 150 valence electrons. The summed E-state index contributed by atoms with van der Waals surface area (Å²) < 4.78 is 1.68. The molecule has 1 aliphatic heterocycles. The van der Waals surface area contributed by atoms with Gasteiger partial charge in [0.25, 0.3) is 0 Å². The van der Waals surface area contributed by atoms with E-state index in [1.54, 1.807) is 23.1 Å². The molecule has 1 aromatic carbocycles. The van der Waals surface area contributed by atoms with E-state index in [0.29, 0.717) is 17.3 Å². The highest BCUT2D eigenvalue weighted by Crippen LogP contribution is 2.30. The second kappa shape index (κ2) is 8.96. The number of carbonyl (C=O) groups is 1. The minimum Gasteiger partial charge on any atom is -0.370 e. The lowest BCUT2D eigenvalue weighted by atomic mass is 10.1. The third-order valence-corrected chi connectivity index (χ3v) is 5.21. The Hall–Kier alpha value is -3.06. The smallest absolute Gasteiger partial charge is 0.319 e. The van der Waals surface area contributed by atoms with E-state index in [4.69, 9.17) is 11.6 Å². The first-order chi connectivity index (χ1) is 14.2. The van der Waals surface area contributed by atoms with Gasteiger partial charge in [0.1, 0.15) is 0 Å². The molecule has 3 aromatic rings. The number of pyridine rings is 1. The normalized spacial score (nSPS) is 13.9. The van der Waals surface area contributed by atoms with Crippen LogP contribution in [-0.4, -0.2) is 33.9 Å². The number of urea groups is 1. The largest absolute Gasteiger partial charge is 0.370 e. The number of nitrogens with one attached hydrogen (secondary N) is 2. The summed E-state index contributed by atoms with van der Waals surface area (Å²) in [5.41, 5.74) is 2.59. The lowest BCUT2D eigenvalue weighted by Gasteiger charge is -2.29. The van der Waals surface area contributed by atoms with Crippen molar-refractivity contribution in [3.05, 3.63) is 65.6 Å². The second-order valence-electron chi connectivity index (χ2n) is 7.00. The summed E-state index contributed by atoms with van der Waals surface area (Å²) in [6, 6.07) is 11.0. The number of rotatable bonds is 5. The summed E-state index contributed by atoms with van der Waals surface area (Å²) in [4.78, 5) is 18.9. The number of hydrogen-bond acceptors (Lipinski definition) is 4. The number of aromatic nitrogens is 3. The summed E-state index contributed by atoms with van der Waals surface area (Å²) in [7, 11) is 0. The Morgan fingerprint density at radius 1 is 1.14 bits per heavy atom. The average molecular weight is 411 g/mol. The maximum atomic E-state index is 12.2. The molecule has 8 heteroatoms. The monoisotopic (exact) mass is 410 g/mol. The van der Waals surface area contributed by atoms with Crippen molar-refractivity contribution >= 4 is 29.0 Å². The van der Waals surface area contributed by atoms with Crippen LogP contribution in [0.25, 0.3) is 5.82 Å². The van der Waals surface area contributed by atoms with Gasteiger partial charge in [0.15, 0.2) is 5.82 Å². The highest BCUT2D eigenvalue weighted by molar-refractivity contribution is 6.33. The van der Waals surface area contributed by atoms with E-state index in [1.165, 1.54) is 19.3 Å². The van der Waals surface area contributed by atoms with Gasteiger partial charge in [-0.25, -0.2) is 14.5 Å². The average Bonchev–Trinajstić information content (AvgIpc) is 3.28. The van der Waals surface area contributed by atoms with Gasteiger partial charge in [0.05, 0.1) is 10.7 Å². The van der Waals surface area contributed by atoms with Crippen LogP contribution in [0.1, 0.15) is 24.8 Å². The second-order valence-corrected chi connectivity index (χ2v) is 7.40. The first-order valence-electron chi connectivity index (χ1n) is 9.73. The van der Waals surface area contributed by atoms with Crippen molar-refractivity contribution in [2.24, 2.45) is 0 Å². The Morgan fingerprint density at radius 3 is 2.69 bits per heavy atom. The van der Waals surface area contributed by atoms with Gasteiger partial charge in [0.2, 0.25) is 0 Å². The minimum absolute atomic E-state index is 0.289. The summed E-state index contributed by atoms with van der Waals surface area (Å²) in [6.07, 6.45) is 8.91. The third-order valence-electron chi connectivity index (χ3n) is 4.90. The van der Waals surface area contributed by atoms with E-state index in [2.05, 4.69) is 25.6 Å². The molecule has 29 heavy (non-hydrogen) atoms. The van der Waals surface area contributed by atoms with Crippen LogP contribution in [0, 0.1) is 0 Å². The molecule has 0 saturated carbocycles. The van der Waals surface area contributed by atoms with Crippen LogP contribution in [0.3, 0.4) is 0 Å². The number of halogens is 1. The van der Waals surface area contributed by atoms with Gasteiger partial charge in [-0.1, -0.05) is 17.7 Å². The highest BCUT2D eigenvalue weighted by atomic mass is 35.5. The molecule has 3 heterocycles. The van der Waals surface area contributed by atoms with Crippen LogP contribution in [0.5, 0.6) is 0 Å². The molecule has 0 spiro atoms. The fraction of sp³-hybridized carbons (Fsp3) is 0.286. The molecule has 0 aliphatic carbocycles. The molecule has 0 radical (unpaired) electrons. The SMILES string of the molecule is O=C(NCc1ccc(-n2cccn2)nc1)Nc1ccc(N2CCCCC2)c(Cl)c1. The van der Waals surface area contributed by atoms with Gasteiger partial charge < -0.3 is 15.5 Å². The van der Waals surface area contributed by atoms with Gasteiger partial charge in [-0.2, -0.15) is 5.10 Å². The zero-order chi connectivity index (χ0) is 20.1. The van der Waals surface area contributed by atoms with Crippen LogP contribution >= 0.6 is 11.6 Å². The van der Waals surface area contributed by atoms with Crippen molar-refractivity contribution in [3.63, 3.8) is 0 Å². The highest BCUT2D eigenvalue weighted by Gasteiger charge is 2.14. The molecule has 2 N–H and O–H groups in total. The number of amides is 2. The summed E-state index contributed by atoms with van der Waals surface area (Å²) in [6.45, 7) is 2.43. The van der Waals surface area contributed by atoms with Crippen molar-refractivity contribution in [2.45, 2.75) is 25.8 Å². The standard InChI is InChI=1S/C21H23ClN6O/c22-18-13-17(6-7-19(18)27-10-2-1-3-11-27)26-21(29)24-15-16-5-8-20(23-14-16)28-12-4-9-25-28/h4-9,12-14H,1-3,10-11,15H2,(H2,24,26,29). The molecular formula is C21H23ClN6O. The van der Waals surface area contributed by atoms with E-state index in [0.717, 1.165) is 30.2 Å². The Morgan fingerprint density at radius 2 is 2.00 bits per heavy atom. The Labute approximate surface area is 174 Å². The first kappa shape index (κ1) is 19.3. The molecule has 1 aliphatic rings. The molecule has 4 rings (SSSR count). The topological polar surface area (TPSA) is 75.1 Å². The van der Waals surface area contributed by atoms with E-state index >= 15 is 0 Å². The number of anilines is 2. The number of nitrogens with zero attached hydrogens (tertiary/aromatic N) is 4. The number of carbonyl (C=O) groups excluding carboxylic acids is 1.